The van der Waals surface area contributed by atoms with Gasteiger partial charge in [-0.05, 0) is 160 Å². The maximum Gasteiger partial charge on any atom is -0.0158 e. The third-order valence-corrected chi connectivity index (χ3v) is 7.67. The first kappa shape index (κ1) is 22.5. The van der Waals surface area contributed by atoms with Crippen molar-refractivity contribution in [3.63, 3.8) is 0 Å². The third-order valence-electron chi connectivity index (χ3n) is 7.67. The molecule has 2 rings (SSSR count). The van der Waals surface area contributed by atoms with Crippen molar-refractivity contribution in [3.05, 3.63) is 66.8 Å². The van der Waals surface area contributed by atoms with E-state index in [1.807, 2.05) is 0 Å². The Balaban J connectivity index is 3.04. The van der Waals surface area contributed by atoms with Crippen LogP contribution in [0.5, 0.6) is 0 Å². The smallest absolute Gasteiger partial charge is 0.0158 e. The van der Waals surface area contributed by atoms with E-state index in [1.165, 1.54) is 77.9 Å². The van der Waals surface area contributed by atoms with Crippen LogP contribution in [0.25, 0.3) is 11.1 Å². The molecule has 2 aromatic carbocycles. The van der Waals surface area contributed by atoms with Gasteiger partial charge in [0.25, 0.3) is 0 Å². The molecule has 0 unspecified atom stereocenters. The van der Waals surface area contributed by atoms with Gasteiger partial charge in [-0.1, -0.05) is 13.8 Å². The predicted molar refractivity (Wildman–Crippen MR) is 128 cm³/mol. The monoisotopic (exact) mass is 376 g/mol. The molecule has 0 saturated heterocycles. The maximum atomic E-state index is 2.33. The molecule has 0 N–H and O–H groups in total. The van der Waals surface area contributed by atoms with Crippen LogP contribution in [-0.4, -0.2) is 0 Å². The number of hydrogen-bond donors (Lipinski definition) is 0. The molecule has 0 bridgehead atoms. The summed E-state index contributed by atoms with van der Waals surface area (Å²) >= 11 is 0. The summed E-state index contributed by atoms with van der Waals surface area (Å²) in [6.45, 7) is 27.6. The van der Waals surface area contributed by atoms with E-state index < -0.39 is 0 Å². The van der Waals surface area contributed by atoms with Crippen LogP contribution >= 0.6 is 0 Å². The molecule has 0 aliphatic rings. The number of rotatable bonds is 4. The van der Waals surface area contributed by atoms with E-state index in [0.717, 1.165) is 12.8 Å². The van der Waals surface area contributed by atoms with Gasteiger partial charge in [0.1, 0.15) is 0 Å². The van der Waals surface area contributed by atoms with Crippen molar-refractivity contribution in [2.75, 3.05) is 0 Å². The summed E-state index contributed by atoms with van der Waals surface area (Å²) in [6, 6.07) is 0. The van der Waals surface area contributed by atoms with Crippen LogP contribution < -0.4 is 0 Å². The zero-order valence-electron chi connectivity index (χ0n) is 20.4. The molecule has 152 valence electrons. The lowest BCUT2D eigenvalue weighted by molar-refractivity contribution is 1.10. The van der Waals surface area contributed by atoms with Crippen molar-refractivity contribution in [1.29, 1.82) is 0 Å². The Hall–Kier alpha value is -1.82. The van der Waals surface area contributed by atoms with Crippen LogP contribution in [0.2, 0.25) is 0 Å². The van der Waals surface area contributed by atoms with Gasteiger partial charge in [0.15, 0.2) is 0 Å². The molecule has 0 heterocycles. The summed E-state index contributed by atoms with van der Waals surface area (Å²) in [7, 11) is 0. The summed E-state index contributed by atoms with van der Waals surface area (Å²) in [6.07, 6.45) is 2.13. The van der Waals surface area contributed by atoms with Gasteiger partial charge in [-0.3, -0.25) is 0 Å². The average Bonchev–Trinajstić information content (AvgIpc) is 2.68. The molecule has 2 aromatic rings. The van der Waals surface area contributed by atoms with Gasteiger partial charge in [-0.2, -0.15) is 0 Å². The van der Waals surface area contributed by atoms with Gasteiger partial charge in [0, 0.05) is 0 Å². The highest BCUT2D eigenvalue weighted by atomic mass is 14.3. The minimum absolute atomic E-state index is 1.07. The van der Waals surface area contributed by atoms with Crippen LogP contribution in [0.4, 0.5) is 0 Å². The van der Waals surface area contributed by atoms with Crippen molar-refractivity contribution >= 4 is 11.1 Å². The van der Waals surface area contributed by atoms with Gasteiger partial charge < -0.3 is 0 Å². The van der Waals surface area contributed by atoms with E-state index in [-0.39, 0.29) is 0 Å². The zero-order chi connectivity index (χ0) is 21.5. The van der Waals surface area contributed by atoms with Crippen molar-refractivity contribution in [2.24, 2.45) is 0 Å². The van der Waals surface area contributed by atoms with E-state index in [9.17, 15) is 0 Å². The van der Waals surface area contributed by atoms with Crippen molar-refractivity contribution in [2.45, 2.75) is 95.9 Å². The van der Waals surface area contributed by atoms with Gasteiger partial charge in [0.05, 0.1) is 0 Å². The summed E-state index contributed by atoms with van der Waals surface area (Å²) in [4.78, 5) is 0. The number of hydrogen-bond acceptors (Lipinski definition) is 0. The second kappa shape index (κ2) is 8.27. The first-order chi connectivity index (χ1) is 13.0. The molecule has 0 fully saturated rings. The molecule has 0 atom stereocenters. The van der Waals surface area contributed by atoms with Crippen molar-refractivity contribution < 1.29 is 0 Å². The van der Waals surface area contributed by atoms with Crippen molar-refractivity contribution in [3.8, 4) is 0 Å². The third kappa shape index (κ3) is 3.36. The van der Waals surface area contributed by atoms with Gasteiger partial charge in [-0.15, -0.1) is 0 Å². The zero-order valence-corrected chi connectivity index (χ0v) is 20.4. The highest BCUT2D eigenvalue weighted by Gasteiger charge is 2.21. The molecule has 0 spiro atoms. The standard InChI is InChI=1S/C28H40/c1-13-25(27-21(9)17(5)15(3)18(6)22(27)10)26(14-2)28-23(11)19(7)16(4)20(8)24(28)12/h13-14H2,1-12H3/b26-25-. The Bertz CT molecular complexity index is 827. The molecule has 0 aliphatic heterocycles. The van der Waals surface area contributed by atoms with E-state index >= 15 is 0 Å². The molecule has 0 nitrogen and oxygen atoms in total. The fourth-order valence-electron chi connectivity index (χ4n) is 4.99. The Morgan fingerprint density at radius 1 is 0.357 bits per heavy atom. The summed E-state index contributed by atoms with van der Waals surface area (Å²) in [5.41, 5.74) is 20.6. The summed E-state index contributed by atoms with van der Waals surface area (Å²) < 4.78 is 0. The minimum atomic E-state index is 1.07. The van der Waals surface area contributed by atoms with Gasteiger partial charge in [0.2, 0.25) is 0 Å². The molecule has 0 aromatic heterocycles. The molecule has 0 amide bonds. The van der Waals surface area contributed by atoms with Gasteiger partial charge >= 0.3 is 0 Å². The SMILES string of the molecule is CC/C(=C(\CC)c1c(C)c(C)c(C)c(C)c1C)c1c(C)c(C)c(C)c(C)c1C. The summed E-state index contributed by atoms with van der Waals surface area (Å²) in [5, 5.41) is 0. The maximum absolute atomic E-state index is 2.33. The van der Waals surface area contributed by atoms with E-state index in [4.69, 9.17) is 0 Å². The number of allylic oxidation sites excluding steroid dienone is 2. The van der Waals surface area contributed by atoms with Crippen LogP contribution in [-0.2, 0) is 0 Å². The second-order valence-electron chi connectivity index (χ2n) is 8.66. The molecule has 0 radical (unpaired) electrons. The van der Waals surface area contributed by atoms with Crippen LogP contribution in [0.15, 0.2) is 0 Å². The lowest BCUT2D eigenvalue weighted by atomic mass is 9.79. The largest absolute Gasteiger partial charge is 0.0613 e. The predicted octanol–water partition coefficient (Wildman–Crippen LogP) is 8.50. The highest BCUT2D eigenvalue weighted by molar-refractivity contribution is 5.95. The first-order valence-electron chi connectivity index (χ1n) is 10.9. The molecule has 0 saturated carbocycles. The molecule has 0 aliphatic carbocycles. The van der Waals surface area contributed by atoms with Crippen LogP contribution in [0, 0.1) is 69.2 Å². The molecule has 28 heavy (non-hydrogen) atoms. The fraction of sp³-hybridized carbons (Fsp3) is 0.500. The van der Waals surface area contributed by atoms with Gasteiger partial charge in [-0.25, -0.2) is 0 Å². The topological polar surface area (TPSA) is 0 Å². The fourth-order valence-corrected chi connectivity index (χ4v) is 4.99. The molecular weight excluding hydrogens is 336 g/mol. The Morgan fingerprint density at radius 3 is 0.714 bits per heavy atom. The molecular formula is C28H40. The van der Waals surface area contributed by atoms with Crippen molar-refractivity contribution in [1.82, 2.24) is 0 Å². The highest BCUT2D eigenvalue weighted by Crippen LogP contribution is 2.41. The van der Waals surface area contributed by atoms with Crippen LogP contribution in [0.1, 0.15) is 93.5 Å². The van der Waals surface area contributed by atoms with E-state index in [0.29, 0.717) is 0 Å². The minimum Gasteiger partial charge on any atom is -0.0613 e. The molecule has 0 heteroatoms. The normalized spacial score (nSPS) is 12.4. The lowest BCUT2D eigenvalue weighted by Crippen LogP contribution is -2.07. The average molecular weight is 377 g/mol. The Kier molecular flexibility index (Phi) is 6.64. The van der Waals surface area contributed by atoms with Crippen LogP contribution in [0.3, 0.4) is 0 Å². The Morgan fingerprint density at radius 2 is 0.536 bits per heavy atom. The second-order valence-corrected chi connectivity index (χ2v) is 8.66. The van der Waals surface area contributed by atoms with E-state index in [1.54, 1.807) is 0 Å². The summed E-state index contributed by atoms with van der Waals surface area (Å²) in [5.74, 6) is 0. The lowest BCUT2D eigenvalue weighted by Gasteiger charge is -2.26. The quantitative estimate of drug-likeness (QED) is 0.469. The number of benzene rings is 2. The Labute approximate surface area is 174 Å². The van der Waals surface area contributed by atoms with E-state index in [2.05, 4.69) is 83.1 Å². The first-order valence-corrected chi connectivity index (χ1v) is 10.9.